The molecule has 1 aromatic heterocycles. The average molecular weight is 334 g/mol. The van der Waals surface area contributed by atoms with Gasteiger partial charge in [-0.2, -0.15) is 0 Å². The molecule has 0 spiro atoms. The molecular formula is C15H16BrN3O. The number of carbonyl (C=O) groups excluding carboxylic acids is 1. The quantitative estimate of drug-likeness (QED) is 0.791. The van der Waals surface area contributed by atoms with E-state index in [0.29, 0.717) is 5.82 Å². The number of rotatable bonds is 1. The van der Waals surface area contributed by atoms with Gasteiger partial charge in [0.2, 0.25) is 5.91 Å². The van der Waals surface area contributed by atoms with E-state index in [4.69, 9.17) is 0 Å². The molecule has 1 unspecified atom stereocenters. The van der Waals surface area contributed by atoms with Crippen LogP contribution in [0.2, 0.25) is 0 Å². The third kappa shape index (κ3) is 1.92. The SMILES string of the molecule is Cc1cncc(N2C(=O)C(C)(C)C3CC=C(Br)C=C32)n1. The molecule has 2 aliphatic rings. The number of carbonyl (C=O) groups is 1. The lowest BCUT2D eigenvalue weighted by atomic mass is 9.77. The standard InChI is InChI=1S/C15H16BrN3O/c1-9-7-17-8-13(18-9)19-12-6-10(16)4-5-11(12)15(2,3)14(19)20/h4,6-8,11H,5H2,1-3H3. The van der Waals surface area contributed by atoms with Crippen molar-refractivity contribution in [3.63, 3.8) is 0 Å². The van der Waals surface area contributed by atoms with Crippen LogP contribution in [0.5, 0.6) is 0 Å². The molecule has 0 radical (unpaired) electrons. The Hall–Kier alpha value is -1.49. The molecule has 4 nitrogen and oxygen atoms in total. The Labute approximate surface area is 126 Å². The maximum Gasteiger partial charge on any atom is 0.238 e. The Morgan fingerprint density at radius 2 is 2.15 bits per heavy atom. The summed E-state index contributed by atoms with van der Waals surface area (Å²) in [4.78, 5) is 23.1. The molecule has 0 N–H and O–H groups in total. The lowest BCUT2D eigenvalue weighted by molar-refractivity contribution is -0.125. The van der Waals surface area contributed by atoms with E-state index in [0.717, 1.165) is 22.3 Å². The van der Waals surface area contributed by atoms with Crippen molar-refractivity contribution in [2.75, 3.05) is 4.90 Å². The second-order valence-electron chi connectivity index (χ2n) is 5.83. The van der Waals surface area contributed by atoms with Crippen LogP contribution >= 0.6 is 15.9 Å². The molecule has 2 heterocycles. The van der Waals surface area contributed by atoms with E-state index in [-0.39, 0.29) is 11.8 Å². The van der Waals surface area contributed by atoms with Crippen molar-refractivity contribution in [2.24, 2.45) is 11.3 Å². The number of fused-ring (bicyclic) bond motifs is 1. The minimum Gasteiger partial charge on any atom is -0.273 e. The lowest BCUT2D eigenvalue weighted by Gasteiger charge is -2.24. The summed E-state index contributed by atoms with van der Waals surface area (Å²) in [6.45, 7) is 5.89. The predicted octanol–water partition coefficient (Wildman–Crippen LogP) is 3.34. The molecule has 5 heteroatoms. The van der Waals surface area contributed by atoms with Crippen LogP contribution in [0.1, 0.15) is 26.0 Å². The van der Waals surface area contributed by atoms with E-state index in [2.05, 4.69) is 32.0 Å². The highest BCUT2D eigenvalue weighted by Gasteiger charge is 2.51. The second kappa shape index (κ2) is 4.52. The van der Waals surface area contributed by atoms with Gasteiger partial charge >= 0.3 is 0 Å². The van der Waals surface area contributed by atoms with Crippen molar-refractivity contribution in [3.8, 4) is 0 Å². The maximum atomic E-state index is 12.8. The lowest BCUT2D eigenvalue weighted by Crippen LogP contribution is -2.32. The van der Waals surface area contributed by atoms with Crippen LogP contribution in [0.25, 0.3) is 0 Å². The first kappa shape index (κ1) is 13.5. The molecule has 0 saturated carbocycles. The number of nitrogens with zero attached hydrogens (tertiary/aromatic N) is 3. The number of hydrogen-bond acceptors (Lipinski definition) is 3. The van der Waals surface area contributed by atoms with Gasteiger partial charge in [0.05, 0.1) is 17.3 Å². The van der Waals surface area contributed by atoms with Gasteiger partial charge in [-0.1, -0.05) is 35.9 Å². The highest BCUT2D eigenvalue weighted by atomic mass is 79.9. The summed E-state index contributed by atoms with van der Waals surface area (Å²) in [5, 5.41) is 0. The van der Waals surface area contributed by atoms with Gasteiger partial charge in [0.1, 0.15) is 0 Å². The fraction of sp³-hybridized carbons (Fsp3) is 0.400. The molecule has 104 valence electrons. The summed E-state index contributed by atoms with van der Waals surface area (Å²) >= 11 is 3.51. The number of amides is 1. The first-order valence-corrected chi connectivity index (χ1v) is 7.41. The number of anilines is 1. The monoisotopic (exact) mass is 333 g/mol. The Morgan fingerprint density at radius 3 is 2.85 bits per heavy atom. The zero-order valence-corrected chi connectivity index (χ0v) is 13.3. The Balaban J connectivity index is 2.14. The van der Waals surface area contributed by atoms with Crippen LogP contribution in [0, 0.1) is 18.3 Å². The molecule has 1 atom stereocenters. The fourth-order valence-corrected chi connectivity index (χ4v) is 3.31. The van der Waals surface area contributed by atoms with Gasteiger partial charge in [-0.3, -0.25) is 14.7 Å². The summed E-state index contributed by atoms with van der Waals surface area (Å²) in [7, 11) is 0. The van der Waals surface area contributed by atoms with Gasteiger partial charge in [-0.15, -0.1) is 0 Å². The summed E-state index contributed by atoms with van der Waals surface area (Å²) in [5.41, 5.74) is 1.40. The number of aryl methyl sites for hydroxylation is 1. The third-order valence-electron chi connectivity index (χ3n) is 4.05. The zero-order chi connectivity index (χ0) is 14.5. The van der Waals surface area contributed by atoms with E-state index in [9.17, 15) is 4.79 Å². The topological polar surface area (TPSA) is 46.1 Å². The minimum atomic E-state index is -0.415. The largest absolute Gasteiger partial charge is 0.273 e. The highest BCUT2D eigenvalue weighted by molar-refractivity contribution is 9.11. The minimum absolute atomic E-state index is 0.0873. The van der Waals surface area contributed by atoms with Crippen LogP contribution in [-0.4, -0.2) is 15.9 Å². The number of allylic oxidation sites excluding steroid dienone is 4. The number of halogens is 1. The van der Waals surface area contributed by atoms with Crippen LogP contribution < -0.4 is 4.90 Å². The van der Waals surface area contributed by atoms with E-state index in [1.54, 1.807) is 17.3 Å². The van der Waals surface area contributed by atoms with Crippen LogP contribution in [0.4, 0.5) is 5.82 Å². The summed E-state index contributed by atoms with van der Waals surface area (Å²) in [6, 6.07) is 0. The zero-order valence-electron chi connectivity index (χ0n) is 11.7. The molecule has 20 heavy (non-hydrogen) atoms. The maximum absolute atomic E-state index is 12.8. The van der Waals surface area contributed by atoms with Crippen LogP contribution in [0.15, 0.2) is 34.7 Å². The van der Waals surface area contributed by atoms with E-state index in [1.807, 2.05) is 26.8 Å². The Bertz CT molecular complexity index is 648. The van der Waals surface area contributed by atoms with Crippen LogP contribution in [0.3, 0.4) is 0 Å². The average Bonchev–Trinajstić information content (AvgIpc) is 2.57. The van der Waals surface area contributed by atoms with E-state index in [1.165, 1.54) is 0 Å². The summed E-state index contributed by atoms with van der Waals surface area (Å²) in [6.07, 6.45) is 8.34. The van der Waals surface area contributed by atoms with Crippen molar-refractivity contribution < 1.29 is 4.79 Å². The van der Waals surface area contributed by atoms with Gasteiger partial charge < -0.3 is 0 Å². The van der Waals surface area contributed by atoms with E-state index < -0.39 is 5.41 Å². The first-order chi connectivity index (χ1) is 9.41. The molecule has 3 rings (SSSR count). The van der Waals surface area contributed by atoms with Crippen molar-refractivity contribution >= 4 is 27.7 Å². The van der Waals surface area contributed by atoms with Crippen LogP contribution in [-0.2, 0) is 4.79 Å². The van der Waals surface area contributed by atoms with Crippen molar-refractivity contribution in [3.05, 3.63) is 40.4 Å². The third-order valence-corrected chi connectivity index (χ3v) is 4.60. The second-order valence-corrected chi connectivity index (χ2v) is 6.74. The Kier molecular flexibility index (Phi) is 3.05. The number of aromatic nitrogens is 2. The van der Waals surface area contributed by atoms with Gasteiger partial charge in [0.25, 0.3) is 0 Å². The van der Waals surface area contributed by atoms with Gasteiger partial charge in [-0.05, 0) is 19.4 Å². The highest BCUT2D eigenvalue weighted by Crippen LogP contribution is 2.49. The van der Waals surface area contributed by atoms with E-state index >= 15 is 0 Å². The molecule has 0 bridgehead atoms. The molecule has 0 aromatic carbocycles. The summed E-state index contributed by atoms with van der Waals surface area (Å²) < 4.78 is 1.01. The molecule has 1 aliphatic carbocycles. The molecule has 1 fully saturated rings. The normalized spacial score (nSPS) is 24.3. The summed E-state index contributed by atoms with van der Waals surface area (Å²) in [5.74, 6) is 0.891. The fourth-order valence-electron chi connectivity index (χ4n) is 2.89. The molecule has 1 aromatic rings. The van der Waals surface area contributed by atoms with Gasteiger partial charge in [0, 0.05) is 22.3 Å². The predicted molar refractivity (Wildman–Crippen MR) is 81.2 cm³/mol. The molecule has 1 saturated heterocycles. The van der Waals surface area contributed by atoms with Crippen molar-refractivity contribution in [1.29, 1.82) is 0 Å². The van der Waals surface area contributed by atoms with Crippen molar-refractivity contribution in [2.45, 2.75) is 27.2 Å². The number of hydrogen-bond donors (Lipinski definition) is 0. The molecule has 1 amide bonds. The molecular weight excluding hydrogens is 318 g/mol. The van der Waals surface area contributed by atoms with Gasteiger partial charge in [0.15, 0.2) is 5.82 Å². The van der Waals surface area contributed by atoms with Gasteiger partial charge in [-0.25, -0.2) is 4.98 Å². The molecule has 1 aliphatic heterocycles. The van der Waals surface area contributed by atoms with Crippen molar-refractivity contribution in [1.82, 2.24) is 9.97 Å². The first-order valence-electron chi connectivity index (χ1n) is 6.61. The smallest absolute Gasteiger partial charge is 0.238 e. The Morgan fingerprint density at radius 1 is 1.40 bits per heavy atom.